The van der Waals surface area contributed by atoms with Gasteiger partial charge >= 0.3 is 0 Å². The molecule has 1 aromatic heterocycles. The lowest BCUT2D eigenvalue weighted by Crippen LogP contribution is -2.22. The molecule has 0 bridgehead atoms. The highest BCUT2D eigenvalue weighted by atomic mass is 16.4. The van der Waals surface area contributed by atoms with Crippen LogP contribution in [0.4, 0.5) is 0 Å². The van der Waals surface area contributed by atoms with Crippen molar-refractivity contribution >= 4 is 0 Å². The molecule has 3 rings (SSSR count). The number of nitrogens with zero attached hydrogens (tertiary/aromatic N) is 3. The summed E-state index contributed by atoms with van der Waals surface area (Å²) in [6, 6.07) is 16.7. The topological polar surface area (TPSA) is 42.2 Å². The summed E-state index contributed by atoms with van der Waals surface area (Å²) in [5.41, 5.74) is 4.71. The fourth-order valence-electron chi connectivity index (χ4n) is 2.52. The lowest BCUT2D eigenvalue weighted by atomic mass is 10.1. The summed E-state index contributed by atoms with van der Waals surface area (Å²) < 4.78 is 5.89. The number of aryl methyl sites for hydroxylation is 2. The van der Waals surface area contributed by atoms with Crippen LogP contribution in [0, 0.1) is 13.8 Å². The number of hydrogen-bond acceptors (Lipinski definition) is 4. The normalized spacial score (nSPS) is 12.5. The van der Waals surface area contributed by atoms with Gasteiger partial charge in [-0.1, -0.05) is 47.5 Å². The van der Waals surface area contributed by atoms with Crippen LogP contribution in [-0.4, -0.2) is 22.1 Å². The highest BCUT2D eigenvalue weighted by Crippen LogP contribution is 2.24. The van der Waals surface area contributed by atoms with E-state index in [-0.39, 0.29) is 6.04 Å². The Morgan fingerprint density at radius 3 is 2.12 bits per heavy atom. The third-order valence-corrected chi connectivity index (χ3v) is 4.31. The van der Waals surface area contributed by atoms with E-state index in [1.54, 1.807) is 0 Å². The van der Waals surface area contributed by atoms with Gasteiger partial charge in [0.05, 0.1) is 6.04 Å². The molecule has 0 aliphatic carbocycles. The molecule has 0 amide bonds. The number of benzene rings is 2. The number of hydrogen-bond donors (Lipinski definition) is 0. The Morgan fingerprint density at radius 2 is 1.50 bits per heavy atom. The SMILES string of the molecule is Cc1ccc(CN(C)[C@H](C)c2nnc(-c3ccc(C)cc3)o2)cc1. The quantitative estimate of drug-likeness (QED) is 0.691. The minimum absolute atomic E-state index is 0.0537. The molecule has 0 aliphatic rings. The standard InChI is InChI=1S/C20H23N3O/c1-14-5-9-17(10-6-14)13-23(4)16(3)19-21-22-20(24-19)18-11-7-15(2)8-12-18/h5-12,16H,13H2,1-4H3/t16-/m1/s1. The van der Waals surface area contributed by atoms with Gasteiger partial charge in [-0.15, -0.1) is 10.2 Å². The number of rotatable bonds is 5. The molecule has 1 atom stereocenters. The van der Waals surface area contributed by atoms with Gasteiger partial charge < -0.3 is 4.42 Å². The van der Waals surface area contributed by atoms with E-state index in [0.717, 1.165) is 12.1 Å². The van der Waals surface area contributed by atoms with Crippen LogP contribution in [0.2, 0.25) is 0 Å². The van der Waals surface area contributed by atoms with Crippen LogP contribution in [0.3, 0.4) is 0 Å². The Hall–Kier alpha value is -2.46. The van der Waals surface area contributed by atoms with E-state index in [2.05, 4.69) is 67.2 Å². The van der Waals surface area contributed by atoms with Gasteiger partial charge in [-0.05, 0) is 45.5 Å². The average Bonchev–Trinajstić information content (AvgIpc) is 3.07. The second-order valence-corrected chi connectivity index (χ2v) is 6.39. The minimum Gasteiger partial charge on any atom is -0.419 e. The van der Waals surface area contributed by atoms with Crippen molar-refractivity contribution in [2.45, 2.75) is 33.4 Å². The lowest BCUT2D eigenvalue weighted by Gasteiger charge is -2.21. The molecular formula is C20H23N3O. The molecule has 1 heterocycles. The van der Waals surface area contributed by atoms with Gasteiger partial charge in [-0.3, -0.25) is 4.90 Å². The van der Waals surface area contributed by atoms with Crippen LogP contribution in [0.5, 0.6) is 0 Å². The molecule has 24 heavy (non-hydrogen) atoms. The van der Waals surface area contributed by atoms with Crippen molar-refractivity contribution in [3.05, 3.63) is 71.1 Å². The predicted octanol–water partition coefficient (Wildman–Crippen LogP) is 4.55. The first-order valence-electron chi connectivity index (χ1n) is 8.19. The maximum atomic E-state index is 5.89. The molecule has 0 unspecified atom stereocenters. The van der Waals surface area contributed by atoms with E-state index in [4.69, 9.17) is 4.42 Å². The van der Waals surface area contributed by atoms with Crippen LogP contribution in [0.1, 0.15) is 35.5 Å². The second-order valence-electron chi connectivity index (χ2n) is 6.39. The van der Waals surface area contributed by atoms with Crippen molar-refractivity contribution in [2.75, 3.05) is 7.05 Å². The Balaban J connectivity index is 1.71. The van der Waals surface area contributed by atoms with Gasteiger partial charge in [-0.25, -0.2) is 0 Å². The van der Waals surface area contributed by atoms with E-state index in [9.17, 15) is 0 Å². The summed E-state index contributed by atoms with van der Waals surface area (Å²) in [6.45, 7) is 7.08. The summed E-state index contributed by atoms with van der Waals surface area (Å²) in [7, 11) is 2.07. The molecule has 4 nitrogen and oxygen atoms in total. The zero-order valence-electron chi connectivity index (χ0n) is 14.7. The van der Waals surface area contributed by atoms with Crippen LogP contribution < -0.4 is 0 Å². The highest BCUT2D eigenvalue weighted by molar-refractivity contribution is 5.52. The van der Waals surface area contributed by atoms with Crippen molar-refractivity contribution in [1.82, 2.24) is 15.1 Å². The smallest absolute Gasteiger partial charge is 0.247 e. The van der Waals surface area contributed by atoms with E-state index in [1.807, 2.05) is 24.3 Å². The highest BCUT2D eigenvalue weighted by Gasteiger charge is 2.19. The van der Waals surface area contributed by atoms with Gasteiger partial charge in [-0.2, -0.15) is 0 Å². The summed E-state index contributed by atoms with van der Waals surface area (Å²) >= 11 is 0. The molecule has 0 saturated heterocycles. The van der Waals surface area contributed by atoms with E-state index in [1.165, 1.54) is 16.7 Å². The Bertz CT molecular complexity index is 791. The van der Waals surface area contributed by atoms with Gasteiger partial charge in [0.25, 0.3) is 0 Å². The molecule has 124 valence electrons. The first-order valence-corrected chi connectivity index (χ1v) is 8.19. The van der Waals surface area contributed by atoms with Gasteiger partial charge in [0, 0.05) is 12.1 Å². The zero-order chi connectivity index (χ0) is 17.1. The fourth-order valence-corrected chi connectivity index (χ4v) is 2.52. The van der Waals surface area contributed by atoms with Crippen molar-refractivity contribution in [3.8, 4) is 11.5 Å². The second kappa shape index (κ2) is 6.97. The zero-order valence-corrected chi connectivity index (χ0v) is 14.7. The molecule has 0 radical (unpaired) electrons. The maximum absolute atomic E-state index is 5.89. The summed E-state index contributed by atoms with van der Waals surface area (Å²) in [4.78, 5) is 2.21. The van der Waals surface area contributed by atoms with Crippen LogP contribution in [0.15, 0.2) is 52.9 Å². The Kier molecular flexibility index (Phi) is 4.76. The van der Waals surface area contributed by atoms with Crippen LogP contribution in [-0.2, 0) is 6.54 Å². The molecule has 0 spiro atoms. The fraction of sp³-hybridized carbons (Fsp3) is 0.300. The first-order chi connectivity index (χ1) is 11.5. The molecular weight excluding hydrogens is 298 g/mol. The van der Waals surface area contributed by atoms with E-state index >= 15 is 0 Å². The molecule has 0 fully saturated rings. The van der Waals surface area contributed by atoms with Crippen LogP contribution >= 0.6 is 0 Å². The molecule has 0 N–H and O–H groups in total. The molecule has 2 aromatic carbocycles. The molecule has 0 saturated carbocycles. The Labute approximate surface area is 143 Å². The summed E-state index contributed by atoms with van der Waals surface area (Å²) in [6.07, 6.45) is 0. The van der Waals surface area contributed by atoms with Crippen molar-refractivity contribution in [2.24, 2.45) is 0 Å². The number of aromatic nitrogens is 2. The molecule has 0 aliphatic heterocycles. The summed E-state index contributed by atoms with van der Waals surface area (Å²) in [5.74, 6) is 1.21. The van der Waals surface area contributed by atoms with Gasteiger partial charge in [0.15, 0.2) is 0 Å². The first kappa shape index (κ1) is 16.4. The van der Waals surface area contributed by atoms with E-state index in [0.29, 0.717) is 11.8 Å². The van der Waals surface area contributed by atoms with Crippen molar-refractivity contribution in [1.29, 1.82) is 0 Å². The predicted molar refractivity (Wildman–Crippen MR) is 95.5 cm³/mol. The maximum Gasteiger partial charge on any atom is 0.247 e. The van der Waals surface area contributed by atoms with Crippen molar-refractivity contribution < 1.29 is 4.42 Å². The third-order valence-electron chi connectivity index (χ3n) is 4.31. The third kappa shape index (κ3) is 3.71. The lowest BCUT2D eigenvalue weighted by molar-refractivity contribution is 0.218. The van der Waals surface area contributed by atoms with Crippen molar-refractivity contribution in [3.63, 3.8) is 0 Å². The largest absolute Gasteiger partial charge is 0.419 e. The van der Waals surface area contributed by atoms with Gasteiger partial charge in [0.2, 0.25) is 11.8 Å². The summed E-state index contributed by atoms with van der Waals surface area (Å²) in [5, 5.41) is 8.43. The van der Waals surface area contributed by atoms with Gasteiger partial charge in [0.1, 0.15) is 0 Å². The van der Waals surface area contributed by atoms with Crippen LogP contribution in [0.25, 0.3) is 11.5 Å². The monoisotopic (exact) mass is 321 g/mol. The Morgan fingerprint density at radius 1 is 0.917 bits per heavy atom. The molecule has 4 heteroatoms. The van der Waals surface area contributed by atoms with E-state index < -0.39 is 0 Å². The average molecular weight is 321 g/mol. The minimum atomic E-state index is 0.0537. The molecule has 3 aromatic rings.